The molecule has 2 aromatic rings. The maximum absolute atomic E-state index is 11.9. The maximum atomic E-state index is 11.9. The number of nitrogens with one attached hydrogen (secondary N) is 1. The normalized spacial score (nSPS) is 10.9. The van der Waals surface area contributed by atoms with E-state index in [1.807, 2.05) is 31.0 Å². The highest BCUT2D eigenvalue weighted by molar-refractivity contribution is 7.14. The molecule has 3 N–H and O–H groups in total. The van der Waals surface area contributed by atoms with Gasteiger partial charge in [0.1, 0.15) is 16.5 Å². The summed E-state index contributed by atoms with van der Waals surface area (Å²) in [6, 6.07) is 5.45. The van der Waals surface area contributed by atoms with Crippen molar-refractivity contribution in [3.05, 3.63) is 40.7 Å². The molecule has 0 atom stereocenters. The number of thiophene rings is 1. The molecule has 0 aromatic carbocycles. The van der Waals surface area contributed by atoms with Crippen molar-refractivity contribution in [3.63, 3.8) is 0 Å². The summed E-state index contributed by atoms with van der Waals surface area (Å²) >= 11 is 1.28. The molecule has 2 rings (SSSR count). The fourth-order valence-corrected chi connectivity index (χ4v) is 2.81. The minimum Gasteiger partial charge on any atom is -0.465 e. The molecule has 2 amide bonds. The van der Waals surface area contributed by atoms with Crippen LogP contribution in [-0.4, -0.2) is 30.3 Å². The number of aryl methyl sites for hydroxylation is 1. The maximum Gasteiger partial charge on any atom is 0.251 e. The summed E-state index contributed by atoms with van der Waals surface area (Å²) in [6.07, 6.45) is 0.326. The molecule has 0 aliphatic carbocycles. The highest BCUT2D eigenvalue weighted by Crippen LogP contribution is 2.22. The van der Waals surface area contributed by atoms with E-state index in [9.17, 15) is 9.59 Å². The molecule has 0 fully saturated rings. The third-order valence-corrected chi connectivity index (χ3v) is 3.96. The van der Waals surface area contributed by atoms with E-state index < -0.39 is 5.91 Å². The fraction of sp³-hybridized carbons (Fsp3) is 0.333. The average Bonchev–Trinajstić information content (AvgIpc) is 3.06. The molecule has 0 spiro atoms. The van der Waals surface area contributed by atoms with Crippen LogP contribution in [0.3, 0.4) is 0 Å². The Morgan fingerprint density at radius 2 is 2.14 bits per heavy atom. The molecule has 2 heterocycles. The fourth-order valence-electron chi connectivity index (χ4n) is 2.00. The Bertz CT molecular complexity index is 663. The summed E-state index contributed by atoms with van der Waals surface area (Å²) in [7, 11) is 1.92. The second-order valence-corrected chi connectivity index (χ2v) is 5.99. The quantitative estimate of drug-likeness (QED) is 0.818. The van der Waals surface area contributed by atoms with Crippen molar-refractivity contribution >= 4 is 28.2 Å². The zero-order chi connectivity index (χ0) is 16.1. The lowest BCUT2D eigenvalue weighted by Crippen LogP contribution is -2.24. The number of carbonyl (C=O) groups excluding carboxylic acids is 2. The summed E-state index contributed by atoms with van der Waals surface area (Å²) in [6.45, 7) is 3.13. The Morgan fingerprint density at radius 1 is 1.36 bits per heavy atom. The smallest absolute Gasteiger partial charge is 0.251 e. The van der Waals surface area contributed by atoms with Crippen molar-refractivity contribution in [1.29, 1.82) is 0 Å². The molecule has 0 radical (unpaired) electrons. The number of hydrogen-bond donors (Lipinski definition) is 2. The van der Waals surface area contributed by atoms with Gasteiger partial charge in [0, 0.05) is 13.0 Å². The van der Waals surface area contributed by atoms with Crippen molar-refractivity contribution in [2.75, 3.05) is 18.9 Å². The number of nitrogens with two attached hydrogens (primary N) is 1. The summed E-state index contributed by atoms with van der Waals surface area (Å²) in [5, 5.41) is 4.95. The van der Waals surface area contributed by atoms with E-state index >= 15 is 0 Å². The topological polar surface area (TPSA) is 88.6 Å². The predicted molar refractivity (Wildman–Crippen MR) is 85.9 cm³/mol. The van der Waals surface area contributed by atoms with Crippen LogP contribution in [0.2, 0.25) is 0 Å². The van der Waals surface area contributed by atoms with Crippen LogP contribution < -0.4 is 11.1 Å². The van der Waals surface area contributed by atoms with Crippen molar-refractivity contribution < 1.29 is 14.0 Å². The van der Waals surface area contributed by atoms with Gasteiger partial charge in [0.2, 0.25) is 5.91 Å². The summed E-state index contributed by atoms with van der Waals surface area (Å²) in [4.78, 5) is 25.1. The molecule has 0 bridgehead atoms. The molecule has 118 valence electrons. The van der Waals surface area contributed by atoms with Gasteiger partial charge in [-0.2, -0.15) is 0 Å². The van der Waals surface area contributed by atoms with Gasteiger partial charge in [-0.3, -0.25) is 14.5 Å². The highest BCUT2D eigenvalue weighted by Gasteiger charge is 2.13. The minimum atomic E-state index is -0.540. The number of carbonyl (C=O) groups is 2. The number of furan rings is 1. The molecule has 0 saturated heterocycles. The predicted octanol–water partition coefficient (Wildman–Crippen LogP) is 2.21. The van der Waals surface area contributed by atoms with E-state index in [1.165, 1.54) is 11.3 Å². The molecule has 6 nitrogen and oxygen atoms in total. The van der Waals surface area contributed by atoms with Crippen LogP contribution in [0.5, 0.6) is 0 Å². The molecule has 0 unspecified atom stereocenters. The summed E-state index contributed by atoms with van der Waals surface area (Å²) in [5.74, 6) is 1.06. The van der Waals surface area contributed by atoms with Gasteiger partial charge in [-0.05, 0) is 37.6 Å². The van der Waals surface area contributed by atoms with Crippen LogP contribution >= 0.6 is 11.3 Å². The van der Waals surface area contributed by atoms with E-state index in [2.05, 4.69) is 5.32 Å². The van der Waals surface area contributed by atoms with E-state index in [0.717, 1.165) is 11.5 Å². The second-order valence-electron chi connectivity index (χ2n) is 5.08. The Kier molecular flexibility index (Phi) is 5.35. The van der Waals surface area contributed by atoms with Crippen molar-refractivity contribution in [2.24, 2.45) is 5.73 Å². The summed E-state index contributed by atoms with van der Waals surface area (Å²) < 4.78 is 5.50. The van der Waals surface area contributed by atoms with Crippen molar-refractivity contribution in [1.82, 2.24) is 4.90 Å². The molecule has 7 heteroatoms. The lowest BCUT2D eigenvalue weighted by molar-refractivity contribution is -0.116. The molecule has 0 aliphatic rings. The van der Waals surface area contributed by atoms with Gasteiger partial charge in [0.25, 0.3) is 5.91 Å². The van der Waals surface area contributed by atoms with Crippen molar-refractivity contribution in [2.45, 2.75) is 19.9 Å². The zero-order valence-corrected chi connectivity index (χ0v) is 13.4. The molecule has 0 aliphatic heterocycles. The first kappa shape index (κ1) is 16.3. The Morgan fingerprint density at radius 3 is 2.77 bits per heavy atom. The van der Waals surface area contributed by atoms with Crippen LogP contribution in [0.15, 0.2) is 28.0 Å². The lowest BCUT2D eigenvalue weighted by Gasteiger charge is -2.14. The van der Waals surface area contributed by atoms with Gasteiger partial charge in [0.15, 0.2) is 0 Å². The SMILES string of the molecule is Cc1ccc(CN(C)CCC(=O)Nc2sccc2C(N)=O)o1. The number of amides is 2. The third kappa shape index (κ3) is 4.44. The van der Waals surface area contributed by atoms with Crippen molar-refractivity contribution in [3.8, 4) is 0 Å². The van der Waals surface area contributed by atoms with Crippen LogP contribution in [-0.2, 0) is 11.3 Å². The zero-order valence-electron chi connectivity index (χ0n) is 12.6. The van der Waals surface area contributed by atoms with E-state index in [1.54, 1.807) is 11.4 Å². The molecule has 22 heavy (non-hydrogen) atoms. The Labute approximate surface area is 132 Å². The van der Waals surface area contributed by atoms with E-state index in [-0.39, 0.29) is 5.91 Å². The summed E-state index contributed by atoms with van der Waals surface area (Å²) in [5.41, 5.74) is 5.59. The first-order valence-electron chi connectivity index (χ1n) is 6.86. The highest BCUT2D eigenvalue weighted by atomic mass is 32.1. The van der Waals surface area contributed by atoms with Crippen LogP contribution in [0.4, 0.5) is 5.00 Å². The monoisotopic (exact) mass is 321 g/mol. The van der Waals surface area contributed by atoms with Crippen LogP contribution in [0, 0.1) is 6.92 Å². The van der Waals surface area contributed by atoms with Gasteiger partial charge >= 0.3 is 0 Å². The first-order chi connectivity index (χ1) is 10.5. The lowest BCUT2D eigenvalue weighted by atomic mass is 10.3. The molecule has 0 saturated carbocycles. The third-order valence-electron chi connectivity index (χ3n) is 3.13. The van der Waals surface area contributed by atoms with Crippen LogP contribution in [0.25, 0.3) is 0 Å². The Balaban J connectivity index is 1.80. The van der Waals surface area contributed by atoms with Gasteiger partial charge in [-0.1, -0.05) is 0 Å². The first-order valence-corrected chi connectivity index (χ1v) is 7.74. The van der Waals surface area contributed by atoms with Gasteiger partial charge < -0.3 is 15.5 Å². The number of rotatable bonds is 7. The average molecular weight is 321 g/mol. The number of primary amides is 1. The van der Waals surface area contributed by atoms with E-state index in [4.69, 9.17) is 10.2 Å². The van der Waals surface area contributed by atoms with E-state index in [0.29, 0.717) is 30.1 Å². The molecular weight excluding hydrogens is 302 g/mol. The minimum absolute atomic E-state index is 0.146. The standard InChI is InChI=1S/C15H19N3O3S/c1-10-3-4-11(21-10)9-18(2)7-5-13(19)17-15-12(14(16)20)6-8-22-15/h3-4,6,8H,5,7,9H2,1-2H3,(H2,16,20)(H,17,19). The number of nitrogens with zero attached hydrogens (tertiary/aromatic N) is 1. The van der Waals surface area contributed by atoms with Gasteiger partial charge in [-0.15, -0.1) is 11.3 Å². The molecule has 2 aromatic heterocycles. The number of hydrogen-bond acceptors (Lipinski definition) is 5. The van der Waals surface area contributed by atoms with Gasteiger partial charge in [-0.25, -0.2) is 0 Å². The largest absolute Gasteiger partial charge is 0.465 e. The second kappa shape index (κ2) is 7.24. The van der Waals surface area contributed by atoms with Crippen LogP contribution in [0.1, 0.15) is 28.3 Å². The number of anilines is 1. The van der Waals surface area contributed by atoms with Gasteiger partial charge in [0.05, 0.1) is 12.1 Å². The molecular formula is C15H19N3O3S. The Hall–Kier alpha value is -2.12.